The van der Waals surface area contributed by atoms with E-state index in [4.69, 9.17) is 9.47 Å². The first kappa shape index (κ1) is 21.1. The second kappa shape index (κ2) is 8.65. The Hall–Kier alpha value is -2.21. The summed E-state index contributed by atoms with van der Waals surface area (Å²) >= 11 is 0. The molecule has 0 aromatic heterocycles. The second-order valence-corrected chi connectivity index (χ2v) is 6.55. The van der Waals surface area contributed by atoms with Gasteiger partial charge in [0.15, 0.2) is 0 Å². The number of methoxy groups -OCH3 is 2. The largest absolute Gasteiger partial charge is 0.497 e. The van der Waals surface area contributed by atoms with Gasteiger partial charge in [-0.15, -0.1) is 0 Å². The Bertz CT molecular complexity index is 711. The highest BCUT2D eigenvalue weighted by Gasteiger charge is 2.45. The van der Waals surface area contributed by atoms with Crippen molar-refractivity contribution in [3.8, 4) is 11.5 Å². The zero-order valence-corrected chi connectivity index (χ0v) is 15.7. The number of aliphatic hydroxyl groups is 1. The molecule has 2 aromatic carbocycles. The fraction of sp³-hybridized carbons (Fsp3) is 0.429. The molecule has 148 valence electrons. The van der Waals surface area contributed by atoms with Crippen molar-refractivity contribution in [3.63, 3.8) is 0 Å². The molecule has 27 heavy (non-hydrogen) atoms. The second-order valence-electron chi connectivity index (χ2n) is 6.55. The van der Waals surface area contributed by atoms with Crippen molar-refractivity contribution < 1.29 is 27.8 Å². The van der Waals surface area contributed by atoms with E-state index in [2.05, 4.69) is 0 Å². The fourth-order valence-corrected chi connectivity index (χ4v) is 3.41. The van der Waals surface area contributed by atoms with Crippen molar-refractivity contribution in [2.75, 3.05) is 14.2 Å². The van der Waals surface area contributed by atoms with E-state index in [1.807, 2.05) is 6.92 Å². The van der Waals surface area contributed by atoms with Gasteiger partial charge in [0, 0.05) is 5.92 Å². The summed E-state index contributed by atoms with van der Waals surface area (Å²) in [6.45, 7) is 1.84. The van der Waals surface area contributed by atoms with E-state index in [0.29, 0.717) is 29.0 Å². The minimum absolute atomic E-state index is 0.201. The summed E-state index contributed by atoms with van der Waals surface area (Å²) in [5.74, 6) is -0.0147. The SMILES string of the molecule is CCCC(O)(c1ccc(OC)cc1)C(CC(F)(F)F)c1ccc(OC)cc1. The van der Waals surface area contributed by atoms with Crippen LogP contribution < -0.4 is 9.47 Å². The molecule has 0 saturated heterocycles. The minimum Gasteiger partial charge on any atom is -0.497 e. The monoisotopic (exact) mass is 382 g/mol. The molecule has 0 saturated carbocycles. The van der Waals surface area contributed by atoms with Crippen LogP contribution in [0.5, 0.6) is 11.5 Å². The van der Waals surface area contributed by atoms with E-state index in [0.717, 1.165) is 0 Å². The molecule has 0 bridgehead atoms. The van der Waals surface area contributed by atoms with Crippen LogP contribution in [0.3, 0.4) is 0 Å². The Kier molecular flexibility index (Phi) is 6.76. The van der Waals surface area contributed by atoms with Crippen molar-refractivity contribution in [1.29, 1.82) is 0 Å². The normalized spacial score (nSPS) is 15.1. The van der Waals surface area contributed by atoms with Crippen molar-refractivity contribution in [1.82, 2.24) is 0 Å². The molecule has 0 spiro atoms. The summed E-state index contributed by atoms with van der Waals surface area (Å²) in [7, 11) is 3.00. The average molecular weight is 382 g/mol. The number of halogens is 3. The molecule has 2 atom stereocenters. The van der Waals surface area contributed by atoms with Gasteiger partial charge in [0.1, 0.15) is 11.5 Å². The van der Waals surface area contributed by atoms with Crippen molar-refractivity contribution in [2.45, 2.75) is 43.9 Å². The first-order chi connectivity index (χ1) is 12.7. The van der Waals surface area contributed by atoms with Gasteiger partial charge in [-0.3, -0.25) is 0 Å². The topological polar surface area (TPSA) is 38.7 Å². The molecule has 6 heteroatoms. The number of benzene rings is 2. The molecule has 0 radical (unpaired) electrons. The number of alkyl halides is 3. The highest BCUT2D eigenvalue weighted by molar-refractivity contribution is 5.37. The number of hydrogen-bond acceptors (Lipinski definition) is 3. The Morgan fingerprint density at radius 1 is 0.889 bits per heavy atom. The van der Waals surface area contributed by atoms with Gasteiger partial charge < -0.3 is 14.6 Å². The number of rotatable bonds is 8. The lowest BCUT2D eigenvalue weighted by atomic mass is 9.73. The molecule has 0 heterocycles. The standard InChI is InChI=1S/C21H25F3O3/c1-4-13-20(25,16-7-11-18(27-3)12-8-16)19(14-21(22,23)24)15-5-9-17(26-2)10-6-15/h5-12,19,25H,4,13-14H2,1-3H3. The lowest BCUT2D eigenvalue weighted by molar-refractivity contribution is -0.155. The predicted molar refractivity (Wildman–Crippen MR) is 98.2 cm³/mol. The van der Waals surface area contributed by atoms with Crippen LogP contribution in [0.15, 0.2) is 48.5 Å². The Labute approximate surface area is 157 Å². The van der Waals surface area contributed by atoms with Crippen LogP contribution in [0.4, 0.5) is 13.2 Å². The molecule has 0 fully saturated rings. The summed E-state index contributed by atoms with van der Waals surface area (Å²) < 4.78 is 50.4. The quantitative estimate of drug-likeness (QED) is 0.662. The summed E-state index contributed by atoms with van der Waals surface area (Å²) in [6.07, 6.45) is -4.81. The van der Waals surface area contributed by atoms with Crippen molar-refractivity contribution in [2.24, 2.45) is 0 Å². The molecule has 0 aliphatic carbocycles. The van der Waals surface area contributed by atoms with Crippen LogP contribution in [-0.4, -0.2) is 25.5 Å². The van der Waals surface area contributed by atoms with E-state index < -0.39 is 24.1 Å². The van der Waals surface area contributed by atoms with Crippen LogP contribution in [-0.2, 0) is 5.60 Å². The molecular weight excluding hydrogens is 357 g/mol. The van der Waals surface area contributed by atoms with Gasteiger partial charge >= 0.3 is 6.18 Å². The van der Waals surface area contributed by atoms with Crippen LogP contribution in [0.1, 0.15) is 43.2 Å². The molecule has 0 aliphatic rings. The van der Waals surface area contributed by atoms with Gasteiger partial charge in [-0.1, -0.05) is 37.6 Å². The highest BCUT2D eigenvalue weighted by atomic mass is 19.4. The number of hydrogen-bond donors (Lipinski definition) is 1. The summed E-state index contributed by atoms with van der Waals surface area (Å²) in [5, 5.41) is 11.5. The summed E-state index contributed by atoms with van der Waals surface area (Å²) in [5.41, 5.74) is -0.805. The fourth-order valence-electron chi connectivity index (χ4n) is 3.41. The first-order valence-electron chi connectivity index (χ1n) is 8.81. The molecule has 2 unspecified atom stereocenters. The summed E-state index contributed by atoms with van der Waals surface area (Å²) in [4.78, 5) is 0. The van der Waals surface area contributed by atoms with Gasteiger partial charge in [0.25, 0.3) is 0 Å². The van der Waals surface area contributed by atoms with Crippen LogP contribution in [0.25, 0.3) is 0 Å². The van der Waals surface area contributed by atoms with E-state index in [-0.39, 0.29) is 6.42 Å². The van der Waals surface area contributed by atoms with Crippen LogP contribution in [0.2, 0.25) is 0 Å². The molecule has 2 aromatic rings. The lowest BCUT2D eigenvalue weighted by Gasteiger charge is -2.38. The van der Waals surface area contributed by atoms with E-state index in [9.17, 15) is 18.3 Å². The lowest BCUT2D eigenvalue weighted by Crippen LogP contribution is -2.36. The van der Waals surface area contributed by atoms with Crippen molar-refractivity contribution >= 4 is 0 Å². The molecule has 0 aliphatic heterocycles. The zero-order valence-electron chi connectivity index (χ0n) is 15.7. The molecule has 0 amide bonds. The van der Waals surface area contributed by atoms with E-state index >= 15 is 0 Å². The van der Waals surface area contributed by atoms with Crippen molar-refractivity contribution in [3.05, 3.63) is 59.7 Å². The summed E-state index contributed by atoms with van der Waals surface area (Å²) in [6, 6.07) is 12.9. The average Bonchev–Trinajstić information content (AvgIpc) is 2.65. The van der Waals surface area contributed by atoms with Gasteiger partial charge in [0.2, 0.25) is 0 Å². The maximum atomic E-state index is 13.4. The van der Waals surface area contributed by atoms with Gasteiger partial charge in [-0.05, 0) is 41.8 Å². The first-order valence-corrected chi connectivity index (χ1v) is 8.81. The van der Waals surface area contributed by atoms with Gasteiger partial charge in [-0.25, -0.2) is 0 Å². The zero-order chi connectivity index (χ0) is 20.1. The Morgan fingerprint density at radius 3 is 1.78 bits per heavy atom. The van der Waals surface area contributed by atoms with Gasteiger partial charge in [-0.2, -0.15) is 13.2 Å². The Balaban J connectivity index is 2.54. The third kappa shape index (κ3) is 5.16. The maximum Gasteiger partial charge on any atom is 0.389 e. The molecular formula is C21H25F3O3. The molecule has 1 N–H and O–H groups in total. The highest BCUT2D eigenvalue weighted by Crippen LogP contribution is 2.46. The third-order valence-electron chi connectivity index (χ3n) is 4.75. The van der Waals surface area contributed by atoms with E-state index in [1.165, 1.54) is 14.2 Å². The van der Waals surface area contributed by atoms with E-state index in [1.54, 1.807) is 48.5 Å². The molecule has 2 rings (SSSR count). The predicted octanol–water partition coefficient (Wildman–Crippen LogP) is 5.43. The van der Waals surface area contributed by atoms with Crippen LogP contribution >= 0.6 is 0 Å². The third-order valence-corrected chi connectivity index (χ3v) is 4.75. The van der Waals surface area contributed by atoms with Crippen LogP contribution in [0, 0.1) is 0 Å². The smallest absolute Gasteiger partial charge is 0.389 e. The number of ether oxygens (including phenoxy) is 2. The maximum absolute atomic E-state index is 13.4. The van der Waals surface area contributed by atoms with Gasteiger partial charge in [0.05, 0.1) is 26.2 Å². The minimum atomic E-state index is -4.42. The molecule has 3 nitrogen and oxygen atoms in total. The Morgan fingerprint density at radius 2 is 1.37 bits per heavy atom.